The molecule has 2 atom stereocenters. The number of likely N-dealkylation sites (tertiary alicyclic amines) is 1. The minimum atomic E-state index is 0.0639. The smallest absolute Gasteiger partial charge is 0.0614 e. The summed E-state index contributed by atoms with van der Waals surface area (Å²) in [4.78, 5) is 2.64. The van der Waals surface area contributed by atoms with Crippen LogP contribution in [0.2, 0.25) is 0 Å². The number of nitrogens with zero attached hydrogens (tertiary/aromatic N) is 1. The fraction of sp³-hybridized carbons (Fsp3) is 1.00. The van der Waals surface area contributed by atoms with Crippen molar-refractivity contribution in [3.8, 4) is 0 Å². The fourth-order valence-corrected chi connectivity index (χ4v) is 3.50. The lowest BCUT2D eigenvalue weighted by Crippen LogP contribution is -2.48. The third-order valence-electron chi connectivity index (χ3n) is 4.63. The van der Waals surface area contributed by atoms with Crippen LogP contribution in [-0.2, 0) is 0 Å². The highest BCUT2D eigenvalue weighted by Crippen LogP contribution is 2.36. The van der Waals surface area contributed by atoms with Gasteiger partial charge in [-0.25, -0.2) is 0 Å². The number of rotatable bonds is 4. The predicted octanol–water partition coefficient (Wildman–Crippen LogP) is 1.12. The quantitative estimate of drug-likeness (QED) is 0.751. The highest BCUT2D eigenvalue weighted by atomic mass is 16.3. The summed E-state index contributed by atoms with van der Waals surface area (Å²) < 4.78 is 0. The van der Waals surface area contributed by atoms with Crippen molar-refractivity contribution < 1.29 is 5.11 Å². The standard InChI is InChI=1S/C13H24N2O/c16-10-13(14-11-3-4-11)6-5-12(9-13)15-7-1-2-8-15/h11-12,14,16H,1-10H2. The monoisotopic (exact) mass is 224 g/mol. The number of nitrogens with one attached hydrogen (secondary N) is 1. The first-order chi connectivity index (χ1) is 7.81. The Morgan fingerprint density at radius 3 is 2.56 bits per heavy atom. The number of hydrogen-bond donors (Lipinski definition) is 2. The van der Waals surface area contributed by atoms with Gasteiger partial charge in [-0.3, -0.25) is 0 Å². The van der Waals surface area contributed by atoms with Crippen LogP contribution in [0.1, 0.15) is 44.9 Å². The molecule has 3 nitrogen and oxygen atoms in total. The molecular weight excluding hydrogens is 200 g/mol. The molecule has 0 aromatic rings. The highest BCUT2D eigenvalue weighted by molar-refractivity contribution is 5.03. The lowest BCUT2D eigenvalue weighted by atomic mass is 9.98. The van der Waals surface area contributed by atoms with Gasteiger partial charge >= 0.3 is 0 Å². The van der Waals surface area contributed by atoms with Crippen LogP contribution in [0.25, 0.3) is 0 Å². The fourth-order valence-electron chi connectivity index (χ4n) is 3.50. The van der Waals surface area contributed by atoms with Gasteiger partial charge in [0.05, 0.1) is 6.61 Å². The van der Waals surface area contributed by atoms with Gasteiger partial charge in [0, 0.05) is 17.6 Å². The molecule has 0 amide bonds. The zero-order valence-corrected chi connectivity index (χ0v) is 10.1. The van der Waals surface area contributed by atoms with E-state index in [-0.39, 0.29) is 5.54 Å². The zero-order chi connectivity index (χ0) is 11.0. The Labute approximate surface area is 98.2 Å². The van der Waals surface area contributed by atoms with Crippen molar-refractivity contribution >= 4 is 0 Å². The number of aliphatic hydroxyl groups excluding tert-OH is 1. The van der Waals surface area contributed by atoms with Crippen molar-refractivity contribution in [1.82, 2.24) is 10.2 Å². The molecule has 3 heteroatoms. The number of hydrogen-bond acceptors (Lipinski definition) is 3. The highest BCUT2D eigenvalue weighted by Gasteiger charge is 2.43. The van der Waals surface area contributed by atoms with Crippen LogP contribution in [0.5, 0.6) is 0 Å². The molecule has 0 bridgehead atoms. The van der Waals surface area contributed by atoms with E-state index in [1.165, 1.54) is 58.0 Å². The molecule has 92 valence electrons. The molecule has 2 N–H and O–H groups in total. The molecule has 1 heterocycles. The Bertz CT molecular complexity index is 248. The molecule has 0 spiro atoms. The molecule has 3 aliphatic rings. The summed E-state index contributed by atoms with van der Waals surface area (Å²) in [6, 6.07) is 1.45. The lowest BCUT2D eigenvalue weighted by molar-refractivity contribution is 0.148. The predicted molar refractivity (Wildman–Crippen MR) is 64.4 cm³/mol. The van der Waals surface area contributed by atoms with Crippen LogP contribution < -0.4 is 5.32 Å². The SMILES string of the molecule is OCC1(NC2CC2)CCC(N2CCCC2)C1. The summed E-state index contributed by atoms with van der Waals surface area (Å²) in [5, 5.41) is 13.4. The second-order valence-electron chi connectivity index (χ2n) is 6.00. The van der Waals surface area contributed by atoms with Crippen LogP contribution in [0.3, 0.4) is 0 Å². The molecule has 1 saturated heterocycles. The largest absolute Gasteiger partial charge is 0.394 e. The van der Waals surface area contributed by atoms with Crippen molar-refractivity contribution in [3.63, 3.8) is 0 Å². The van der Waals surface area contributed by atoms with Gasteiger partial charge in [0.15, 0.2) is 0 Å². The summed E-state index contributed by atoms with van der Waals surface area (Å²) in [5.41, 5.74) is 0.0639. The first-order valence-electron chi connectivity index (χ1n) is 6.94. The Kier molecular flexibility index (Phi) is 2.94. The first kappa shape index (κ1) is 11.0. The van der Waals surface area contributed by atoms with Crippen LogP contribution in [-0.4, -0.2) is 47.3 Å². The molecular formula is C13H24N2O. The molecule has 2 aliphatic carbocycles. The van der Waals surface area contributed by atoms with Gasteiger partial charge in [0.2, 0.25) is 0 Å². The van der Waals surface area contributed by atoms with Crippen molar-refractivity contribution in [1.29, 1.82) is 0 Å². The van der Waals surface area contributed by atoms with E-state index in [1.54, 1.807) is 0 Å². The van der Waals surface area contributed by atoms with Gasteiger partial charge in [0.1, 0.15) is 0 Å². The van der Waals surface area contributed by atoms with Crippen LogP contribution in [0.4, 0.5) is 0 Å². The van der Waals surface area contributed by atoms with Gasteiger partial charge in [-0.15, -0.1) is 0 Å². The zero-order valence-electron chi connectivity index (χ0n) is 10.1. The van der Waals surface area contributed by atoms with E-state index in [0.29, 0.717) is 12.6 Å². The van der Waals surface area contributed by atoms with E-state index in [4.69, 9.17) is 0 Å². The van der Waals surface area contributed by atoms with E-state index in [9.17, 15) is 5.11 Å². The average Bonchev–Trinajstić information content (AvgIpc) is 2.84. The Morgan fingerprint density at radius 2 is 1.94 bits per heavy atom. The Hall–Kier alpha value is -0.120. The molecule has 3 rings (SSSR count). The normalized spacial score (nSPS) is 40.7. The number of aliphatic hydroxyl groups is 1. The van der Waals surface area contributed by atoms with Crippen molar-refractivity contribution in [2.75, 3.05) is 19.7 Å². The topological polar surface area (TPSA) is 35.5 Å². The molecule has 2 saturated carbocycles. The maximum absolute atomic E-state index is 9.67. The average molecular weight is 224 g/mol. The summed E-state index contributed by atoms with van der Waals surface area (Å²) >= 11 is 0. The summed E-state index contributed by atoms with van der Waals surface area (Å²) in [6.45, 7) is 2.90. The lowest BCUT2D eigenvalue weighted by Gasteiger charge is -2.30. The minimum Gasteiger partial charge on any atom is -0.394 e. The van der Waals surface area contributed by atoms with Gasteiger partial charge < -0.3 is 15.3 Å². The molecule has 3 fully saturated rings. The summed E-state index contributed by atoms with van der Waals surface area (Å²) in [6.07, 6.45) is 8.99. The molecule has 1 aliphatic heterocycles. The maximum atomic E-state index is 9.67. The molecule has 2 unspecified atom stereocenters. The van der Waals surface area contributed by atoms with Gasteiger partial charge in [-0.2, -0.15) is 0 Å². The Balaban J connectivity index is 1.60. The van der Waals surface area contributed by atoms with E-state index in [2.05, 4.69) is 10.2 Å². The third-order valence-corrected chi connectivity index (χ3v) is 4.63. The second kappa shape index (κ2) is 4.28. The molecule has 16 heavy (non-hydrogen) atoms. The third kappa shape index (κ3) is 2.13. The van der Waals surface area contributed by atoms with Gasteiger partial charge in [0.25, 0.3) is 0 Å². The molecule has 0 aromatic heterocycles. The first-order valence-corrected chi connectivity index (χ1v) is 6.94. The molecule has 0 radical (unpaired) electrons. The molecule has 0 aromatic carbocycles. The van der Waals surface area contributed by atoms with E-state index in [1.807, 2.05) is 0 Å². The second-order valence-corrected chi connectivity index (χ2v) is 6.00. The summed E-state index contributed by atoms with van der Waals surface area (Å²) in [5.74, 6) is 0. The van der Waals surface area contributed by atoms with Crippen molar-refractivity contribution in [2.24, 2.45) is 0 Å². The van der Waals surface area contributed by atoms with Crippen LogP contribution in [0.15, 0.2) is 0 Å². The van der Waals surface area contributed by atoms with Crippen LogP contribution in [0, 0.1) is 0 Å². The van der Waals surface area contributed by atoms with E-state index >= 15 is 0 Å². The van der Waals surface area contributed by atoms with Crippen molar-refractivity contribution in [3.05, 3.63) is 0 Å². The van der Waals surface area contributed by atoms with Gasteiger partial charge in [-0.05, 0) is 58.0 Å². The van der Waals surface area contributed by atoms with Gasteiger partial charge in [-0.1, -0.05) is 0 Å². The van der Waals surface area contributed by atoms with Crippen LogP contribution >= 0.6 is 0 Å². The summed E-state index contributed by atoms with van der Waals surface area (Å²) in [7, 11) is 0. The Morgan fingerprint density at radius 1 is 1.19 bits per heavy atom. The van der Waals surface area contributed by atoms with Crippen molar-refractivity contribution in [2.45, 2.75) is 62.6 Å². The maximum Gasteiger partial charge on any atom is 0.0614 e. The minimum absolute atomic E-state index is 0.0639. The van der Waals surface area contributed by atoms with E-state index < -0.39 is 0 Å². The van der Waals surface area contributed by atoms with E-state index in [0.717, 1.165) is 6.04 Å².